The van der Waals surface area contributed by atoms with Gasteiger partial charge in [-0.1, -0.05) is 5.16 Å². The number of hydrogen-bond acceptors (Lipinski definition) is 6. The second kappa shape index (κ2) is 4.02. The minimum absolute atomic E-state index is 0.0981. The van der Waals surface area contributed by atoms with Crippen molar-refractivity contribution >= 4 is 0 Å². The summed E-state index contributed by atoms with van der Waals surface area (Å²) < 4.78 is 42.5. The lowest BCUT2D eigenvalue weighted by atomic mass is 10.0. The molecule has 1 atom stereocenters. The summed E-state index contributed by atoms with van der Waals surface area (Å²) in [5, 5.41) is 3.40. The van der Waals surface area contributed by atoms with Crippen molar-refractivity contribution in [3.05, 3.63) is 24.5 Å². The van der Waals surface area contributed by atoms with Gasteiger partial charge in [-0.15, -0.1) is 0 Å². The van der Waals surface area contributed by atoms with Crippen LogP contribution in [0.1, 0.15) is 12.8 Å². The van der Waals surface area contributed by atoms with Gasteiger partial charge in [-0.2, -0.15) is 18.2 Å². The van der Waals surface area contributed by atoms with E-state index in [0.29, 0.717) is 0 Å². The average Bonchev–Trinajstić information content (AvgIpc) is 2.78. The molecule has 2 rings (SSSR count). The zero-order valence-electron chi connectivity index (χ0n) is 9.14. The van der Waals surface area contributed by atoms with Crippen molar-refractivity contribution in [1.29, 1.82) is 0 Å². The Hall–Kier alpha value is -2.03. The standard InChI is InChI=1S/C9H8F3N5O/c1-8(13,9(10,11)12)7-16-6(17-18-7)5-4-14-2-3-15-5/h2-4H,13H2,1H3. The summed E-state index contributed by atoms with van der Waals surface area (Å²) in [7, 11) is 0. The summed E-state index contributed by atoms with van der Waals surface area (Å²) in [5.41, 5.74) is 2.64. The first kappa shape index (κ1) is 12.4. The zero-order valence-corrected chi connectivity index (χ0v) is 9.14. The van der Waals surface area contributed by atoms with E-state index in [2.05, 4.69) is 24.6 Å². The molecule has 0 saturated carbocycles. The van der Waals surface area contributed by atoms with E-state index < -0.39 is 17.6 Å². The molecule has 0 spiro atoms. The quantitative estimate of drug-likeness (QED) is 0.873. The number of rotatable bonds is 2. The molecule has 18 heavy (non-hydrogen) atoms. The molecule has 96 valence electrons. The summed E-state index contributed by atoms with van der Waals surface area (Å²) in [6.45, 7) is 0.751. The van der Waals surface area contributed by atoms with Gasteiger partial charge in [0.25, 0.3) is 5.89 Å². The van der Waals surface area contributed by atoms with Gasteiger partial charge in [0.15, 0.2) is 5.54 Å². The molecule has 0 bridgehead atoms. The van der Waals surface area contributed by atoms with E-state index in [9.17, 15) is 13.2 Å². The van der Waals surface area contributed by atoms with Gasteiger partial charge in [0, 0.05) is 12.4 Å². The van der Waals surface area contributed by atoms with Gasteiger partial charge in [0.05, 0.1) is 6.20 Å². The van der Waals surface area contributed by atoms with Crippen LogP contribution in [0, 0.1) is 0 Å². The highest BCUT2D eigenvalue weighted by molar-refractivity contribution is 5.45. The van der Waals surface area contributed by atoms with Crippen LogP contribution in [0.25, 0.3) is 11.5 Å². The van der Waals surface area contributed by atoms with Crippen molar-refractivity contribution in [3.8, 4) is 11.5 Å². The molecule has 2 aromatic rings. The third-order valence-corrected chi connectivity index (χ3v) is 2.25. The number of nitrogens with zero attached hydrogens (tertiary/aromatic N) is 4. The monoisotopic (exact) mass is 259 g/mol. The number of hydrogen-bond donors (Lipinski definition) is 1. The summed E-state index contributed by atoms with van der Waals surface area (Å²) in [4.78, 5) is 11.2. The molecule has 2 N–H and O–H groups in total. The average molecular weight is 259 g/mol. The van der Waals surface area contributed by atoms with Gasteiger partial charge in [-0.3, -0.25) is 4.98 Å². The van der Waals surface area contributed by atoms with Crippen molar-refractivity contribution < 1.29 is 17.7 Å². The Kier molecular flexibility index (Phi) is 2.77. The van der Waals surface area contributed by atoms with E-state index in [0.717, 1.165) is 6.92 Å². The summed E-state index contributed by atoms with van der Waals surface area (Å²) in [5.74, 6) is -0.824. The van der Waals surface area contributed by atoms with Gasteiger partial charge in [-0.05, 0) is 6.92 Å². The zero-order chi connectivity index (χ0) is 13.4. The molecule has 0 amide bonds. The van der Waals surface area contributed by atoms with Crippen molar-refractivity contribution in [2.45, 2.75) is 18.6 Å². The van der Waals surface area contributed by atoms with Crippen LogP contribution in [0.15, 0.2) is 23.1 Å². The Labute approximate surface area is 99.0 Å². The minimum Gasteiger partial charge on any atom is -0.336 e. The molecule has 0 aliphatic carbocycles. The minimum atomic E-state index is -4.70. The van der Waals surface area contributed by atoms with Crippen molar-refractivity contribution in [1.82, 2.24) is 20.1 Å². The molecule has 0 aromatic carbocycles. The van der Waals surface area contributed by atoms with Gasteiger partial charge in [0.2, 0.25) is 5.82 Å². The first-order valence-corrected chi connectivity index (χ1v) is 4.78. The third-order valence-electron chi connectivity index (χ3n) is 2.25. The van der Waals surface area contributed by atoms with Crippen molar-refractivity contribution in [2.75, 3.05) is 0 Å². The first-order valence-electron chi connectivity index (χ1n) is 4.78. The van der Waals surface area contributed by atoms with Crippen LogP contribution in [0.4, 0.5) is 13.2 Å². The fraction of sp³-hybridized carbons (Fsp3) is 0.333. The lowest BCUT2D eigenvalue weighted by Gasteiger charge is -2.22. The molecule has 0 aliphatic rings. The van der Waals surface area contributed by atoms with Crippen LogP contribution < -0.4 is 5.73 Å². The predicted molar refractivity (Wildman–Crippen MR) is 52.9 cm³/mol. The fourth-order valence-corrected chi connectivity index (χ4v) is 1.07. The maximum absolute atomic E-state index is 12.7. The summed E-state index contributed by atoms with van der Waals surface area (Å²) >= 11 is 0. The molecule has 0 saturated heterocycles. The highest BCUT2D eigenvalue weighted by Crippen LogP contribution is 2.35. The fourth-order valence-electron chi connectivity index (χ4n) is 1.07. The maximum Gasteiger partial charge on any atom is 0.415 e. The normalized spacial score (nSPS) is 15.4. The highest BCUT2D eigenvalue weighted by Gasteiger charge is 2.53. The van der Waals surface area contributed by atoms with E-state index in [-0.39, 0.29) is 11.5 Å². The molecular weight excluding hydrogens is 251 g/mol. The smallest absolute Gasteiger partial charge is 0.336 e. The molecule has 0 fully saturated rings. The van der Waals surface area contributed by atoms with Crippen LogP contribution in [-0.4, -0.2) is 26.3 Å². The second-order valence-corrected chi connectivity index (χ2v) is 3.71. The summed E-state index contributed by atoms with van der Waals surface area (Å²) in [6.07, 6.45) is -0.626. The third kappa shape index (κ3) is 2.04. The second-order valence-electron chi connectivity index (χ2n) is 3.71. The van der Waals surface area contributed by atoms with Crippen molar-refractivity contribution in [2.24, 2.45) is 5.73 Å². The van der Waals surface area contributed by atoms with Gasteiger partial charge < -0.3 is 10.3 Å². The molecule has 1 unspecified atom stereocenters. The van der Waals surface area contributed by atoms with Gasteiger partial charge >= 0.3 is 6.18 Å². The number of nitrogens with two attached hydrogens (primary N) is 1. The topological polar surface area (TPSA) is 90.7 Å². The van der Waals surface area contributed by atoms with E-state index in [1.165, 1.54) is 18.6 Å². The largest absolute Gasteiger partial charge is 0.415 e. The van der Waals surface area contributed by atoms with Crippen molar-refractivity contribution in [3.63, 3.8) is 0 Å². The number of alkyl halides is 3. The Morgan fingerprint density at radius 2 is 2.00 bits per heavy atom. The Morgan fingerprint density at radius 3 is 2.56 bits per heavy atom. The Morgan fingerprint density at radius 1 is 1.28 bits per heavy atom. The number of aromatic nitrogens is 4. The molecule has 0 aliphatic heterocycles. The molecule has 0 radical (unpaired) electrons. The van der Waals surface area contributed by atoms with Crippen LogP contribution >= 0.6 is 0 Å². The van der Waals surface area contributed by atoms with E-state index >= 15 is 0 Å². The Balaban J connectivity index is 2.38. The maximum atomic E-state index is 12.7. The molecule has 6 nitrogen and oxygen atoms in total. The lowest BCUT2D eigenvalue weighted by Crippen LogP contribution is -2.47. The lowest BCUT2D eigenvalue weighted by molar-refractivity contribution is -0.190. The first-order chi connectivity index (χ1) is 8.32. The van der Waals surface area contributed by atoms with Crippen LogP contribution in [-0.2, 0) is 5.54 Å². The van der Waals surface area contributed by atoms with Gasteiger partial charge in [-0.25, -0.2) is 4.98 Å². The van der Waals surface area contributed by atoms with E-state index in [1.54, 1.807) is 0 Å². The molecule has 9 heteroatoms. The predicted octanol–water partition coefficient (Wildman–Crippen LogP) is 1.26. The van der Waals surface area contributed by atoms with Gasteiger partial charge in [0.1, 0.15) is 5.69 Å². The molecular formula is C9H8F3N5O. The van der Waals surface area contributed by atoms with Crippen LogP contribution in [0.2, 0.25) is 0 Å². The highest BCUT2D eigenvalue weighted by atomic mass is 19.4. The molecule has 2 heterocycles. The SMILES string of the molecule is CC(N)(c1nc(-c2cnccn2)no1)C(F)(F)F. The Bertz CT molecular complexity index is 537. The summed E-state index contributed by atoms with van der Waals surface area (Å²) in [6, 6.07) is 0. The van der Waals surface area contributed by atoms with Crippen LogP contribution in [0.3, 0.4) is 0 Å². The van der Waals surface area contributed by atoms with Crippen LogP contribution in [0.5, 0.6) is 0 Å². The van der Waals surface area contributed by atoms with E-state index in [1.807, 2.05) is 0 Å². The molecule has 2 aromatic heterocycles. The number of halogens is 3. The van der Waals surface area contributed by atoms with E-state index in [4.69, 9.17) is 5.73 Å².